The number of rotatable bonds is 6. The number of ether oxygens (including phenoxy) is 2. The summed E-state index contributed by atoms with van der Waals surface area (Å²) in [7, 11) is 1.71. The highest BCUT2D eigenvalue weighted by Gasteiger charge is 2.40. The van der Waals surface area contributed by atoms with Crippen LogP contribution in [0.5, 0.6) is 0 Å². The first-order chi connectivity index (χ1) is 15.9. The maximum absolute atomic E-state index is 15.3. The Bertz CT molecular complexity index is 1110. The normalized spacial score (nSPS) is 28.8. The van der Waals surface area contributed by atoms with Gasteiger partial charge in [0, 0.05) is 30.2 Å². The first-order valence-corrected chi connectivity index (χ1v) is 12.5. The first kappa shape index (κ1) is 22.6. The molecular formula is C29H36FNO2. The van der Waals surface area contributed by atoms with Gasteiger partial charge in [-0.25, -0.2) is 4.39 Å². The lowest BCUT2D eigenvalue weighted by Gasteiger charge is -2.44. The molecule has 0 bridgehead atoms. The van der Waals surface area contributed by atoms with Crippen molar-refractivity contribution in [2.45, 2.75) is 71.3 Å². The van der Waals surface area contributed by atoms with Gasteiger partial charge in [-0.05, 0) is 60.3 Å². The van der Waals surface area contributed by atoms with Gasteiger partial charge in [-0.2, -0.15) is 0 Å². The van der Waals surface area contributed by atoms with Crippen LogP contribution in [0.25, 0.3) is 10.9 Å². The molecule has 1 saturated heterocycles. The van der Waals surface area contributed by atoms with Crippen LogP contribution in [-0.2, 0) is 9.47 Å². The predicted molar refractivity (Wildman–Crippen MR) is 131 cm³/mol. The van der Waals surface area contributed by atoms with Crippen LogP contribution in [0.4, 0.5) is 4.39 Å². The summed E-state index contributed by atoms with van der Waals surface area (Å²) >= 11 is 0. The molecule has 1 saturated carbocycles. The Morgan fingerprint density at radius 1 is 1.03 bits per heavy atom. The standard InChI is InChI=1S/C29H36FNO2/c1-6-26-18(3)17(2)19(4)29(33-26)31-16-23(27-24(30)8-7-9-25(27)31)28(32-5)22-14-12-21(13-15-22)20-10-11-20/h7-9,12-20,26,28-29H,6,10-11H2,1-5H3/t17-,18-,19+,26+,28?,29?/m0/s1. The molecule has 0 amide bonds. The molecule has 2 fully saturated rings. The van der Waals surface area contributed by atoms with Crippen LogP contribution in [0.1, 0.15) is 81.9 Å². The monoisotopic (exact) mass is 449 g/mol. The minimum atomic E-state index is -0.337. The van der Waals surface area contributed by atoms with Gasteiger partial charge in [0.25, 0.3) is 0 Å². The second-order valence-corrected chi connectivity index (χ2v) is 10.2. The summed E-state index contributed by atoms with van der Waals surface area (Å²) in [5.74, 6) is 1.82. The Hall–Kier alpha value is -2.17. The summed E-state index contributed by atoms with van der Waals surface area (Å²) in [5.41, 5.74) is 4.17. The maximum Gasteiger partial charge on any atom is 0.137 e. The van der Waals surface area contributed by atoms with E-state index in [1.807, 2.05) is 6.07 Å². The fourth-order valence-electron chi connectivity index (χ4n) is 5.80. The van der Waals surface area contributed by atoms with Crippen molar-refractivity contribution < 1.29 is 13.9 Å². The molecule has 3 aromatic rings. The molecule has 2 aromatic carbocycles. The van der Waals surface area contributed by atoms with Crippen molar-refractivity contribution in [1.29, 1.82) is 0 Å². The summed E-state index contributed by atoms with van der Waals surface area (Å²) in [5, 5.41) is 0.630. The highest BCUT2D eigenvalue weighted by Crippen LogP contribution is 2.45. The van der Waals surface area contributed by atoms with E-state index in [0.717, 1.165) is 23.1 Å². The Labute approximate surface area is 196 Å². The summed E-state index contributed by atoms with van der Waals surface area (Å²) in [4.78, 5) is 0. The van der Waals surface area contributed by atoms with Gasteiger partial charge < -0.3 is 14.0 Å². The van der Waals surface area contributed by atoms with Crippen molar-refractivity contribution in [3.63, 3.8) is 0 Å². The Morgan fingerprint density at radius 2 is 1.76 bits per heavy atom. The van der Waals surface area contributed by atoms with Crippen LogP contribution in [0.3, 0.4) is 0 Å². The van der Waals surface area contributed by atoms with E-state index in [-0.39, 0.29) is 24.3 Å². The summed E-state index contributed by atoms with van der Waals surface area (Å²) < 4.78 is 30.1. The van der Waals surface area contributed by atoms with E-state index in [1.165, 1.54) is 18.4 Å². The van der Waals surface area contributed by atoms with E-state index in [9.17, 15) is 0 Å². The lowest BCUT2D eigenvalue weighted by atomic mass is 9.77. The molecule has 3 nitrogen and oxygen atoms in total. The highest BCUT2D eigenvalue weighted by molar-refractivity contribution is 5.85. The molecule has 2 unspecified atom stereocenters. The van der Waals surface area contributed by atoms with Crippen LogP contribution in [-0.4, -0.2) is 17.8 Å². The van der Waals surface area contributed by atoms with Crippen molar-refractivity contribution in [3.8, 4) is 0 Å². The van der Waals surface area contributed by atoms with Crippen LogP contribution in [0.2, 0.25) is 0 Å². The lowest BCUT2D eigenvalue weighted by molar-refractivity contribution is -0.166. The molecular weight excluding hydrogens is 413 g/mol. The zero-order chi connectivity index (χ0) is 23.3. The fraction of sp³-hybridized carbons (Fsp3) is 0.517. The number of benzene rings is 2. The Balaban J connectivity index is 1.60. The van der Waals surface area contributed by atoms with Gasteiger partial charge in [-0.1, -0.05) is 58.0 Å². The second-order valence-electron chi connectivity index (χ2n) is 10.2. The average Bonchev–Trinajstić information content (AvgIpc) is 3.61. The zero-order valence-electron chi connectivity index (χ0n) is 20.4. The van der Waals surface area contributed by atoms with Gasteiger partial charge in [-0.15, -0.1) is 0 Å². The minimum Gasteiger partial charge on any atom is -0.372 e. The van der Waals surface area contributed by atoms with Crippen molar-refractivity contribution in [1.82, 2.24) is 4.57 Å². The SMILES string of the molecule is CC[C@H]1OC(n2cc(C(OC)c3ccc(C4CC4)cc3)c3c(F)cccc32)[C@H](C)[C@@H](C)[C@@H]1C. The number of fused-ring (bicyclic) bond motifs is 1. The van der Waals surface area contributed by atoms with Crippen LogP contribution in [0, 0.1) is 23.6 Å². The number of halogens is 1. The molecule has 4 heteroatoms. The molecule has 2 aliphatic rings. The van der Waals surface area contributed by atoms with Gasteiger partial charge in [0.15, 0.2) is 0 Å². The quantitative estimate of drug-likeness (QED) is 0.387. The molecule has 0 N–H and O–H groups in total. The molecule has 1 aliphatic heterocycles. The zero-order valence-corrected chi connectivity index (χ0v) is 20.4. The molecule has 0 radical (unpaired) electrons. The van der Waals surface area contributed by atoms with Crippen LogP contribution >= 0.6 is 0 Å². The fourth-order valence-corrected chi connectivity index (χ4v) is 5.80. The molecule has 5 rings (SSSR count). The summed E-state index contributed by atoms with van der Waals surface area (Å²) in [6.07, 6.45) is 5.34. The van der Waals surface area contributed by atoms with Gasteiger partial charge >= 0.3 is 0 Å². The van der Waals surface area contributed by atoms with Crippen molar-refractivity contribution in [2.75, 3.05) is 7.11 Å². The van der Waals surface area contributed by atoms with E-state index in [4.69, 9.17) is 9.47 Å². The predicted octanol–water partition coefficient (Wildman–Crippen LogP) is 7.61. The number of hydrogen-bond acceptors (Lipinski definition) is 2. The number of nitrogens with zero attached hydrogens (tertiary/aromatic N) is 1. The molecule has 176 valence electrons. The van der Waals surface area contributed by atoms with Gasteiger partial charge in [-0.3, -0.25) is 0 Å². The van der Waals surface area contributed by atoms with Crippen molar-refractivity contribution in [3.05, 3.63) is 71.2 Å². The number of hydrogen-bond donors (Lipinski definition) is 0. The molecule has 33 heavy (non-hydrogen) atoms. The van der Waals surface area contributed by atoms with Gasteiger partial charge in [0.05, 0.1) is 11.6 Å². The average molecular weight is 450 g/mol. The van der Waals surface area contributed by atoms with Crippen molar-refractivity contribution in [2.24, 2.45) is 17.8 Å². The smallest absolute Gasteiger partial charge is 0.137 e. The van der Waals surface area contributed by atoms with Crippen LogP contribution in [0.15, 0.2) is 48.7 Å². The Kier molecular flexibility index (Phi) is 6.09. The second kappa shape index (κ2) is 8.88. The minimum absolute atomic E-state index is 0.131. The van der Waals surface area contributed by atoms with Gasteiger partial charge in [0.2, 0.25) is 0 Å². The first-order valence-electron chi connectivity index (χ1n) is 12.5. The van der Waals surface area contributed by atoms with E-state index in [2.05, 4.69) is 62.7 Å². The van der Waals surface area contributed by atoms with E-state index in [0.29, 0.717) is 29.1 Å². The third kappa shape index (κ3) is 3.91. The Morgan fingerprint density at radius 3 is 2.39 bits per heavy atom. The van der Waals surface area contributed by atoms with E-state index in [1.54, 1.807) is 19.2 Å². The van der Waals surface area contributed by atoms with Gasteiger partial charge in [0.1, 0.15) is 18.1 Å². The summed E-state index contributed by atoms with van der Waals surface area (Å²) in [6, 6.07) is 14.0. The van der Waals surface area contributed by atoms with Crippen LogP contribution < -0.4 is 0 Å². The van der Waals surface area contributed by atoms with E-state index < -0.39 is 0 Å². The molecule has 0 spiro atoms. The highest BCUT2D eigenvalue weighted by atomic mass is 19.1. The third-order valence-corrected chi connectivity index (χ3v) is 8.33. The molecule has 6 atom stereocenters. The topological polar surface area (TPSA) is 23.4 Å². The molecule has 2 heterocycles. The largest absolute Gasteiger partial charge is 0.372 e. The molecule has 1 aromatic heterocycles. The number of methoxy groups -OCH3 is 1. The van der Waals surface area contributed by atoms with E-state index >= 15 is 4.39 Å². The lowest BCUT2D eigenvalue weighted by Crippen LogP contribution is -2.42. The maximum atomic E-state index is 15.3. The molecule has 1 aliphatic carbocycles. The number of aromatic nitrogens is 1. The third-order valence-electron chi connectivity index (χ3n) is 8.33. The van der Waals surface area contributed by atoms with Crippen molar-refractivity contribution >= 4 is 10.9 Å². The summed E-state index contributed by atoms with van der Waals surface area (Å²) in [6.45, 7) is 9.05.